The molecular formula is C18H21N3O3S3. The highest BCUT2D eigenvalue weighted by Crippen LogP contribution is 2.23. The van der Waals surface area contributed by atoms with Crippen molar-refractivity contribution in [3.8, 4) is 0 Å². The number of hydrogen-bond donors (Lipinski definition) is 0. The van der Waals surface area contributed by atoms with Gasteiger partial charge in [0, 0.05) is 42.7 Å². The minimum Gasteiger partial charge on any atom is -0.339 e. The van der Waals surface area contributed by atoms with E-state index in [0.29, 0.717) is 31.9 Å². The zero-order valence-corrected chi connectivity index (χ0v) is 17.4. The smallest absolute Gasteiger partial charge is 0.236 e. The van der Waals surface area contributed by atoms with Gasteiger partial charge >= 0.3 is 0 Å². The maximum absolute atomic E-state index is 12.5. The van der Waals surface area contributed by atoms with E-state index in [1.807, 2.05) is 42.6 Å². The monoisotopic (exact) mass is 423 g/mol. The molecule has 0 bridgehead atoms. The average Bonchev–Trinajstić information content (AvgIpc) is 3.11. The molecule has 0 aliphatic carbocycles. The molecule has 6 nitrogen and oxygen atoms in total. The van der Waals surface area contributed by atoms with Gasteiger partial charge in [0.15, 0.2) is 4.34 Å². The highest BCUT2D eigenvalue weighted by atomic mass is 32.2. The molecule has 1 aliphatic heterocycles. The molecule has 3 rings (SSSR count). The summed E-state index contributed by atoms with van der Waals surface area (Å²) in [7, 11) is -3.48. The van der Waals surface area contributed by atoms with Crippen molar-refractivity contribution >= 4 is 45.1 Å². The second-order valence-corrected chi connectivity index (χ2v) is 9.98. The minimum absolute atomic E-state index is 0.0183. The van der Waals surface area contributed by atoms with E-state index in [2.05, 4.69) is 4.98 Å². The molecule has 2 heterocycles. The SMILES string of the molecule is Cc1csc(SCC(=O)N2CCN(S(=O)(=O)/C=C/c3ccccc3)CC2)n1. The van der Waals surface area contributed by atoms with Gasteiger partial charge in [-0.05, 0) is 18.6 Å². The van der Waals surface area contributed by atoms with E-state index in [9.17, 15) is 13.2 Å². The molecule has 0 saturated carbocycles. The first-order valence-electron chi connectivity index (χ1n) is 8.50. The molecule has 0 spiro atoms. The molecule has 1 aliphatic rings. The fourth-order valence-corrected chi connectivity index (χ4v) is 5.55. The number of amides is 1. The molecule has 0 radical (unpaired) electrons. The van der Waals surface area contributed by atoms with E-state index in [1.165, 1.54) is 32.8 Å². The fraction of sp³-hybridized carbons (Fsp3) is 0.333. The quantitative estimate of drug-likeness (QED) is 0.668. The van der Waals surface area contributed by atoms with Crippen LogP contribution in [-0.4, -0.2) is 60.4 Å². The summed E-state index contributed by atoms with van der Waals surface area (Å²) in [6, 6.07) is 9.31. The molecule has 1 amide bonds. The van der Waals surface area contributed by atoms with Crippen LogP contribution in [0.25, 0.3) is 6.08 Å². The fourth-order valence-electron chi connectivity index (χ4n) is 2.62. The molecule has 0 atom stereocenters. The van der Waals surface area contributed by atoms with Gasteiger partial charge in [-0.15, -0.1) is 11.3 Å². The number of rotatable bonds is 6. The average molecular weight is 424 g/mol. The lowest BCUT2D eigenvalue weighted by molar-refractivity contribution is -0.129. The van der Waals surface area contributed by atoms with E-state index in [0.717, 1.165) is 15.6 Å². The largest absolute Gasteiger partial charge is 0.339 e. The number of sulfonamides is 1. The van der Waals surface area contributed by atoms with Crippen LogP contribution in [0.15, 0.2) is 45.5 Å². The van der Waals surface area contributed by atoms with E-state index in [4.69, 9.17) is 0 Å². The first-order chi connectivity index (χ1) is 12.9. The van der Waals surface area contributed by atoms with Crippen LogP contribution < -0.4 is 0 Å². The molecule has 1 aromatic carbocycles. The molecule has 0 unspecified atom stereocenters. The van der Waals surface area contributed by atoms with Crippen LogP contribution in [0.1, 0.15) is 11.3 Å². The van der Waals surface area contributed by atoms with Crippen molar-refractivity contribution < 1.29 is 13.2 Å². The van der Waals surface area contributed by atoms with Crippen molar-refractivity contribution in [3.63, 3.8) is 0 Å². The summed E-state index contributed by atoms with van der Waals surface area (Å²) < 4.78 is 27.3. The lowest BCUT2D eigenvalue weighted by Crippen LogP contribution is -2.50. The molecule has 1 aromatic heterocycles. The highest BCUT2D eigenvalue weighted by molar-refractivity contribution is 8.01. The number of piperazine rings is 1. The Morgan fingerprint density at radius 2 is 1.93 bits per heavy atom. The van der Waals surface area contributed by atoms with Crippen molar-refractivity contribution in [2.75, 3.05) is 31.9 Å². The Hall–Kier alpha value is -1.68. The Morgan fingerprint density at radius 1 is 1.22 bits per heavy atom. The predicted octanol–water partition coefficient (Wildman–Crippen LogP) is 2.69. The lowest BCUT2D eigenvalue weighted by Gasteiger charge is -2.33. The van der Waals surface area contributed by atoms with Crippen LogP contribution in [0.4, 0.5) is 0 Å². The number of benzene rings is 1. The zero-order chi connectivity index (χ0) is 19.3. The number of aryl methyl sites for hydroxylation is 1. The van der Waals surface area contributed by atoms with E-state index < -0.39 is 10.0 Å². The van der Waals surface area contributed by atoms with Crippen LogP contribution in [0.5, 0.6) is 0 Å². The summed E-state index contributed by atoms with van der Waals surface area (Å²) in [5.41, 5.74) is 1.79. The van der Waals surface area contributed by atoms with Gasteiger partial charge in [-0.2, -0.15) is 4.31 Å². The number of carbonyl (C=O) groups is 1. The summed E-state index contributed by atoms with van der Waals surface area (Å²) in [6.07, 6.45) is 1.60. The van der Waals surface area contributed by atoms with Gasteiger partial charge in [0.25, 0.3) is 0 Å². The minimum atomic E-state index is -3.48. The first kappa shape index (κ1) is 20.1. The Bertz CT molecular complexity index is 902. The number of aromatic nitrogens is 1. The van der Waals surface area contributed by atoms with E-state index >= 15 is 0 Å². The number of thiazole rings is 1. The van der Waals surface area contributed by atoms with Crippen LogP contribution in [-0.2, 0) is 14.8 Å². The molecule has 0 N–H and O–H groups in total. The summed E-state index contributed by atoms with van der Waals surface area (Å²) in [6.45, 7) is 3.38. The van der Waals surface area contributed by atoms with Crippen molar-refractivity contribution in [3.05, 3.63) is 52.4 Å². The van der Waals surface area contributed by atoms with E-state index in [-0.39, 0.29) is 5.91 Å². The van der Waals surface area contributed by atoms with Gasteiger partial charge in [0.1, 0.15) is 0 Å². The maximum Gasteiger partial charge on any atom is 0.236 e. The predicted molar refractivity (Wildman–Crippen MR) is 110 cm³/mol. The van der Waals surface area contributed by atoms with Crippen LogP contribution >= 0.6 is 23.1 Å². The second kappa shape index (κ2) is 9.01. The topological polar surface area (TPSA) is 70.6 Å². The van der Waals surface area contributed by atoms with Crippen LogP contribution in [0.2, 0.25) is 0 Å². The van der Waals surface area contributed by atoms with Crippen LogP contribution in [0.3, 0.4) is 0 Å². The normalized spacial score (nSPS) is 16.1. The maximum atomic E-state index is 12.5. The van der Waals surface area contributed by atoms with Crippen molar-refractivity contribution in [1.29, 1.82) is 0 Å². The Balaban J connectivity index is 1.50. The standard InChI is InChI=1S/C18H21N3O3S3/c1-15-13-25-18(19-15)26-14-17(22)20-8-10-21(11-9-20)27(23,24)12-7-16-5-3-2-4-6-16/h2-7,12-13H,8-11,14H2,1H3/b12-7+. The second-order valence-electron chi connectivity index (χ2n) is 6.08. The number of hydrogen-bond acceptors (Lipinski definition) is 6. The summed E-state index contributed by atoms with van der Waals surface area (Å²) in [4.78, 5) is 18.4. The lowest BCUT2D eigenvalue weighted by atomic mass is 10.2. The number of carbonyl (C=O) groups excluding carboxylic acids is 1. The molecular weight excluding hydrogens is 402 g/mol. The van der Waals surface area contributed by atoms with Crippen LogP contribution in [0, 0.1) is 6.92 Å². The van der Waals surface area contributed by atoms with Gasteiger partial charge in [0.2, 0.25) is 15.9 Å². The van der Waals surface area contributed by atoms with Gasteiger partial charge in [-0.3, -0.25) is 4.79 Å². The van der Waals surface area contributed by atoms with Gasteiger partial charge in [-0.25, -0.2) is 13.4 Å². The molecule has 1 saturated heterocycles. The molecule has 9 heteroatoms. The summed E-state index contributed by atoms with van der Waals surface area (Å²) in [5.74, 6) is 0.345. The van der Waals surface area contributed by atoms with Crippen molar-refractivity contribution in [1.82, 2.24) is 14.2 Å². The summed E-state index contributed by atoms with van der Waals surface area (Å²) in [5, 5.41) is 3.19. The number of nitrogens with zero attached hydrogens (tertiary/aromatic N) is 3. The third-order valence-corrected chi connectivity index (χ3v) is 7.79. The number of thioether (sulfide) groups is 1. The summed E-state index contributed by atoms with van der Waals surface area (Å²) >= 11 is 2.96. The van der Waals surface area contributed by atoms with E-state index in [1.54, 1.807) is 11.0 Å². The third kappa shape index (κ3) is 5.65. The Kier molecular flexibility index (Phi) is 6.69. The molecule has 27 heavy (non-hydrogen) atoms. The van der Waals surface area contributed by atoms with Crippen molar-refractivity contribution in [2.45, 2.75) is 11.3 Å². The highest BCUT2D eigenvalue weighted by Gasteiger charge is 2.27. The van der Waals surface area contributed by atoms with Gasteiger partial charge < -0.3 is 4.90 Å². The Morgan fingerprint density at radius 3 is 2.56 bits per heavy atom. The van der Waals surface area contributed by atoms with Gasteiger partial charge in [-0.1, -0.05) is 42.1 Å². The van der Waals surface area contributed by atoms with Gasteiger partial charge in [0.05, 0.1) is 5.75 Å². The zero-order valence-electron chi connectivity index (χ0n) is 14.9. The van der Waals surface area contributed by atoms with Crippen molar-refractivity contribution in [2.24, 2.45) is 0 Å². The third-order valence-electron chi connectivity index (χ3n) is 4.10. The Labute approximate surface area is 168 Å². The first-order valence-corrected chi connectivity index (χ1v) is 11.9. The molecule has 144 valence electrons. The molecule has 2 aromatic rings. The molecule has 1 fully saturated rings.